The summed E-state index contributed by atoms with van der Waals surface area (Å²) in [6.07, 6.45) is 2.16. The molecule has 0 unspecified atom stereocenters. The molecule has 20 heavy (non-hydrogen) atoms. The summed E-state index contributed by atoms with van der Waals surface area (Å²) in [5.74, 6) is 0. The van der Waals surface area contributed by atoms with Crippen LogP contribution in [-0.2, 0) is 6.61 Å². The molecule has 0 radical (unpaired) electrons. The highest BCUT2D eigenvalue weighted by Gasteiger charge is 2.51. The van der Waals surface area contributed by atoms with Gasteiger partial charge in [0.2, 0.25) is 0 Å². The first-order valence-electron chi connectivity index (χ1n) is 6.85. The zero-order valence-corrected chi connectivity index (χ0v) is 11.5. The fourth-order valence-electron chi connectivity index (χ4n) is 3.61. The van der Waals surface area contributed by atoms with Gasteiger partial charge in [0, 0.05) is 25.2 Å². The van der Waals surface area contributed by atoms with Crippen molar-refractivity contribution in [2.24, 2.45) is 5.41 Å². The predicted octanol–water partition coefficient (Wildman–Crippen LogP) is 1.59. The van der Waals surface area contributed by atoms with Gasteiger partial charge in [-0.05, 0) is 36.9 Å². The zero-order valence-electron chi connectivity index (χ0n) is 11.5. The first kappa shape index (κ1) is 13.3. The average Bonchev–Trinajstić information content (AvgIpc) is 2.34. The number of rotatable bonds is 4. The van der Waals surface area contributed by atoms with Crippen molar-refractivity contribution in [3.63, 3.8) is 0 Å². The molecule has 108 valence electrons. The lowest BCUT2D eigenvalue weighted by molar-refractivity contribution is -0.384. The molecule has 1 aliphatic carbocycles. The van der Waals surface area contributed by atoms with E-state index >= 15 is 0 Å². The molecule has 1 saturated carbocycles. The first-order valence-corrected chi connectivity index (χ1v) is 6.85. The molecule has 0 bridgehead atoms. The van der Waals surface area contributed by atoms with E-state index in [1.54, 1.807) is 12.1 Å². The van der Waals surface area contributed by atoms with Crippen LogP contribution in [0.5, 0.6) is 0 Å². The highest BCUT2D eigenvalue weighted by Crippen LogP contribution is 2.49. The molecule has 1 heterocycles. The minimum Gasteiger partial charge on any atom is -0.392 e. The molecule has 3 rings (SSSR count). The highest BCUT2D eigenvalue weighted by atomic mass is 16.6. The molecule has 1 aromatic carbocycles. The Morgan fingerprint density at radius 2 is 2.20 bits per heavy atom. The molecule has 0 amide bonds. The fraction of sp³-hybridized carbons (Fsp3) is 0.571. The third-order valence-electron chi connectivity index (χ3n) is 4.37. The molecule has 1 saturated heterocycles. The molecule has 2 aliphatic rings. The smallest absolute Gasteiger partial charge is 0.292 e. The monoisotopic (exact) mass is 277 g/mol. The van der Waals surface area contributed by atoms with E-state index < -0.39 is 4.92 Å². The number of likely N-dealkylation sites (tertiary alicyclic amines) is 1. The first-order chi connectivity index (χ1) is 9.51. The summed E-state index contributed by atoms with van der Waals surface area (Å²) in [6, 6.07) is 5.18. The van der Waals surface area contributed by atoms with Gasteiger partial charge in [0.15, 0.2) is 0 Å². The predicted molar refractivity (Wildman–Crippen MR) is 75.6 cm³/mol. The maximum absolute atomic E-state index is 11.1. The van der Waals surface area contributed by atoms with Crippen molar-refractivity contribution in [2.75, 3.05) is 25.5 Å². The molecule has 6 nitrogen and oxygen atoms in total. The summed E-state index contributed by atoms with van der Waals surface area (Å²) in [5.41, 5.74) is 1.61. The van der Waals surface area contributed by atoms with E-state index in [4.69, 9.17) is 5.11 Å². The maximum Gasteiger partial charge on any atom is 0.292 e. The van der Waals surface area contributed by atoms with E-state index in [1.807, 2.05) is 0 Å². The number of aliphatic hydroxyl groups is 1. The van der Waals surface area contributed by atoms with Crippen LogP contribution in [0, 0.1) is 15.5 Å². The van der Waals surface area contributed by atoms with Gasteiger partial charge in [-0.3, -0.25) is 10.1 Å². The van der Waals surface area contributed by atoms with Gasteiger partial charge >= 0.3 is 0 Å². The van der Waals surface area contributed by atoms with Gasteiger partial charge in [0.05, 0.1) is 11.5 Å². The van der Waals surface area contributed by atoms with Crippen LogP contribution in [-0.4, -0.2) is 41.1 Å². The third kappa shape index (κ3) is 2.25. The van der Waals surface area contributed by atoms with Crippen LogP contribution < -0.4 is 5.32 Å². The normalized spacial score (nSPS) is 21.3. The summed E-state index contributed by atoms with van der Waals surface area (Å²) in [4.78, 5) is 13.0. The highest BCUT2D eigenvalue weighted by molar-refractivity contribution is 5.63. The Bertz CT molecular complexity index is 532. The molecular weight excluding hydrogens is 258 g/mol. The average molecular weight is 277 g/mol. The fourth-order valence-corrected chi connectivity index (χ4v) is 3.61. The molecule has 2 N–H and O–H groups in total. The van der Waals surface area contributed by atoms with Crippen molar-refractivity contribution < 1.29 is 10.0 Å². The number of nitro groups is 1. The molecule has 1 aliphatic heterocycles. The standard InChI is InChI=1S/C14H19N3O3/c1-16-8-14(9-16)5-11(6-14)15-12-3-2-10(7-18)4-13(12)17(19)20/h2-4,11,15,18H,5-9H2,1H3. The van der Waals surface area contributed by atoms with E-state index in [2.05, 4.69) is 17.3 Å². The summed E-state index contributed by atoms with van der Waals surface area (Å²) in [6.45, 7) is 2.09. The Hall–Kier alpha value is -1.66. The number of benzene rings is 1. The van der Waals surface area contributed by atoms with Gasteiger partial charge in [-0.1, -0.05) is 6.07 Å². The lowest BCUT2D eigenvalue weighted by atomic mass is 9.61. The summed E-state index contributed by atoms with van der Waals surface area (Å²) < 4.78 is 0. The maximum atomic E-state index is 11.1. The van der Waals surface area contributed by atoms with E-state index in [0.717, 1.165) is 25.9 Å². The van der Waals surface area contributed by atoms with Crippen LogP contribution in [0.15, 0.2) is 18.2 Å². The van der Waals surface area contributed by atoms with Crippen LogP contribution in [0.1, 0.15) is 18.4 Å². The molecular formula is C14H19N3O3. The lowest BCUT2D eigenvalue weighted by Gasteiger charge is -2.58. The SMILES string of the molecule is CN1CC2(CC(Nc3ccc(CO)cc3[N+](=O)[O-])C2)C1. The Morgan fingerprint density at radius 3 is 2.75 bits per heavy atom. The quantitative estimate of drug-likeness (QED) is 0.645. The van der Waals surface area contributed by atoms with E-state index in [9.17, 15) is 10.1 Å². The Balaban J connectivity index is 1.67. The van der Waals surface area contributed by atoms with Crippen molar-refractivity contribution in [3.05, 3.63) is 33.9 Å². The van der Waals surface area contributed by atoms with E-state index in [1.165, 1.54) is 6.07 Å². The number of hydrogen-bond acceptors (Lipinski definition) is 5. The molecule has 0 aromatic heterocycles. The largest absolute Gasteiger partial charge is 0.392 e. The summed E-state index contributed by atoms with van der Waals surface area (Å²) in [7, 11) is 2.12. The second-order valence-electron chi connectivity index (χ2n) is 6.19. The van der Waals surface area contributed by atoms with Gasteiger partial charge in [0.1, 0.15) is 5.69 Å². The van der Waals surface area contributed by atoms with Gasteiger partial charge < -0.3 is 15.3 Å². The van der Waals surface area contributed by atoms with Gasteiger partial charge in [-0.25, -0.2) is 0 Å². The Kier molecular flexibility index (Phi) is 3.14. The number of hydrogen-bond donors (Lipinski definition) is 2. The molecule has 0 atom stereocenters. The number of nitrogens with zero attached hydrogens (tertiary/aromatic N) is 2. The van der Waals surface area contributed by atoms with Crippen LogP contribution >= 0.6 is 0 Å². The Labute approximate surface area is 117 Å². The van der Waals surface area contributed by atoms with Gasteiger partial charge in [0.25, 0.3) is 5.69 Å². The molecule has 1 aromatic rings. The topological polar surface area (TPSA) is 78.6 Å². The minimum absolute atomic E-state index is 0.0447. The van der Waals surface area contributed by atoms with Crippen LogP contribution in [0.25, 0.3) is 0 Å². The summed E-state index contributed by atoms with van der Waals surface area (Å²) >= 11 is 0. The van der Waals surface area contributed by atoms with Crippen molar-refractivity contribution >= 4 is 11.4 Å². The lowest BCUT2D eigenvalue weighted by Crippen LogP contribution is -2.63. The number of aliphatic hydroxyl groups excluding tert-OH is 1. The van der Waals surface area contributed by atoms with Crippen LogP contribution in [0.2, 0.25) is 0 Å². The minimum atomic E-state index is -0.396. The van der Waals surface area contributed by atoms with Crippen molar-refractivity contribution in [1.29, 1.82) is 0 Å². The molecule has 2 fully saturated rings. The summed E-state index contributed by atoms with van der Waals surface area (Å²) in [5, 5.41) is 23.4. The van der Waals surface area contributed by atoms with Crippen molar-refractivity contribution in [3.8, 4) is 0 Å². The van der Waals surface area contributed by atoms with Crippen molar-refractivity contribution in [1.82, 2.24) is 4.90 Å². The molecule has 6 heteroatoms. The van der Waals surface area contributed by atoms with E-state index in [0.29, 0.717) is 22.7 Å². The molecule has 1 spiro atoms. The zero-order chi connectivity index (χ0) is 14.3. The number of nitro benzene ring substituents is 1. The van der Waals surface area contributed by atoms with E-state index in [-0.39, 0.29) is 12.3 Å². The number of nitrogens with one attached hydrogen (secondary N) is 1. The second-order valence-corrected chi connectivity index (χ2v) is 6.19. The van der Waals surface area contributed by atoms with Crippen LogP contribution in [0.3, 0.4) is 0 Å². The Morgan fingerprint density at radius 1 is 1.50 bits per heavy atom. The third-order valence-corrected chi connectivity index (χ3v) is 4.37. The van der Waals surface area contributed by atoms with Crippen molar-refractivity contribution in [2.45, 2.75) is 25.5 Å². The number of anilines is 1. The van der Waals surface area contributed by atoms with Gasteiger partial charge in [-0.15, -0.1) is 0 Å². The van der Waals surface area contributed by atoms with Gasteiger partial charge in [-0.2, -0.15) is 0 Å². The van der Waals surface area contributed by atoms with Crippen LogP contribution in [0.4, 0.5) is 11.4 Å². The second kappa shape index (κ2) is 4.71.